The number of unbranched alkanes of at least 4 members (excludes halogenated alkanes) is 6. The van der Waals surface area contributed by atoms with Gasteiger partial charge in [-0.2, -0.15) is 0 Å². The average molecular weight is 501 g/mol. The first-order chi connectivity index (χ1) is 17.9. The van der Waals surface area contributed by atoms with Crippen LogP contribution >= 0.6 is 0 Å². The summed E-state index contributed by atoms with van der Waals surface area (Å²) in [5, 5.41) is 0. The van der Waals surface area contributed by atoms with Crippen LogP contribution < -0.4 is 16.4 Å². The molecule has 0 aromatic heterocycles. The molecule has 204 valence electrons. The van der Waals surface area contributed by atoms with E-state index in [1.807, 2.05) is 0 Å². The predicted octanol–water partition coefficient (Wildman–Crippen LogP) is 9.72. The Kier molecular flexibility index (Phi) is 21.5. The molecule has 37 heavy (non-hydrogen) atoms. The normalized spacial score (nSPS) is 9.65. The first kappa shape index (κ1) is 34.7. The largest absolute Gasteiger partial charge is 0.242 e. The van der Waals surface area contributed by atoms with E-state index in [4.69, 9.17) is 0 Å². The Hall–Kier alpha value is -2.28. The first-order valence-electron chi connectivity index (χ1n) is 15.1. The molecule has 0 amide bonds. The Labute approximate surface area is 232 Å². The molecule has 0 saturated carbocycles. The predicted molar refractivity (Wildman–Crippen MR) is 174 cm³/mol. The molecule has 0 aliphatic rings. The van der Waals surface area contributed by atoms with E-state index < -0.39 is 0 Å². The molecular weight excluding hydrogens is 443 g/mol. The zero-order chi connectivity index (χ0) is 27.9. The highest BCUT2D eigenvalue weighted by atomic mass is 14.0. The van der Waals surface area contributed by atoms with E-state index >= 15 is 0 Å². The Balaban J connectivity index is 0.000000711. The van der Waals surface area contributed by atoms with Crippen molar-refractivity contribution in [3.8, 4) is 0 Å². The fraction of sp³-hybridized carbons (Fsp3) is 0.500. The molecule has 3 rings (SSSR count). The zero-order valence-electron chi connectivity index (χ0n) is 25.9. The highest BCUT2D eigenvalue weighted by molar-refractivity contribution is 6.96. The lowest BCUT2D eigenvalue weighted by Gasteiger charge is -2.21. The summed E-state index contributed by atoms with van der Waals surface area (Å²) in [5.74, 6) is 0. The van der Waals surface area contributed by atoms with E-state index in [0.29, 0.717) is 6.71 Å². The summed E-state index contributed by atoms with van der Waals surface area (Å²) >= 11 is 0. The summed E-state index contributed by atoms with van der Waals surface area (Å²) in [5.41, 5.74) is 8.22. The number of hydrogen-bond acceptors (Lipinski definition) is 0. The molecule has 0 heterocycles. The molecule has 0 aliphatic carbocycles. The first-order valence-corrected chi connectivity index (χ1v) is 15.1. The van der Waals surface area contributed by atoms with Crippen molar-refractivity contribution in [3.05, 3.63) is 89.5 Å². The van der Waals surface area contributed by atoms with Crippen molar-refractivity contribution in [2.45, 2.75) is 120 Å². The van der Waals surface area contributed by atoms with E-state index in [-0.39, 0.29) is 0 Å². The van der Waals surface area contributed by atoms with Crippen LogP contribution in [-0.2, 0) is 0 Å². The van der Waals surface area contributed by atoms with Crippen LogP contribution in [0.25, 0.3) is 0 Å². The minimum atomic E-state index is 0.295. The van der Waals surface area contributed by atoms with Crippen LogP contribution in [0.2, 0.25) is 0 Å². The molecule has 0 radical (unpaired) electrons. The average Bonchev–Trinajstić information content (AvgIpc) is 2.90. The van der Waals surface area contributed by atoms with Gasteiger partial charge in [0, 0.05) is 0 Å². The summed E-state index contributed by atoms with van der Waals surface area (Å²) in [4.78, 5) is 0. The molecule has 3 aromatic carbocycles. The molecular formula is C36H57B. The van der Waals surface area contributed by atoms with E-state index in [1.165, 1.54) is 90.9 Å². The van der Waals surface area contributed by atoms with Crippen LogP contribution in [0.15, 0.2) is 72.8 Å². The molecule has 0 N–H and O–H groups in total. The summed E-state index contributed by atoms with van der Waals surface area (Å²) in [6.45, 7) is 20.2. The Morgan fingerprint density at radius 3 is 0.757 bits per heavy atom. The van der Waals surface area contributed by atoms with Gasteiger partial charge < -0.3 is 0 Å². The molecule has 0 nitrogen and oxygen atoms in total. The smallest absolute Gasteiger partial charge is 0.0667 e. The molecule has 0 unspecified atom stereocenters. The van der Waals surface area contributed by atoms with Crippen LogP contribution in [0.3, 0.4) is 0 Å². The van der Waals surface area contributed by atoms with Crippen LogP contribution in [0.1, 0.15) is 116 Å². The van der Waals surface area contributed by atoms with Crippen molar-refractivity contribution < 1.29 is 0 Å². The molecule has 1 heteroatoms. The summed E-state index contributed by atoms with van der Waals surface area (Å²) < 4.78 is 0. The summed E-state index contributed by atoms with van der Waals surface area (Å²) in [6, 6.07) is 26.2. The van der Waals surface area contributed by atoms with Crippen LogP contribution in [-0.4, -0.2) is 6.71 Å². The molecule has 0 bridgehead atoms. The minimum absolute atomic E-state index is 0.295. The molecule has 3 aromatic rings. The second kappa shape index (κ2) is 22.9. The maximum absolute atomic E-state index is 2.26. The van der Waals surface area contributed by atoms with Crippen molar-refractivity contribution >= 4 is 23.1 Å². The fourth-order valence-corrected chi connectivity index (χ4v) is 4.30. The van der Waals surface area contributed by atoms with Gasteiger partial charge in [0.25, 0.3) is 0 Å². The highest BCUT2D eigenvalue weighted by Gasteiger charge is 2.25. The second-order valence-corrected chi connectivity index (χ2v) is 10.1. The quantitative estimate of drug-likeness (QED) is 0.257. The van der Waals surface area contributed by atoms with Gasteiger partial charge in [-0.1, -0.05) is 205 Å². The zero-order valence-corrected chi connectivity index (χ0v) is 25.9. The lowest BCUT2D eigenvalue weighted by molar-refractivity contribution is 0.772. The third kappa shape index (κ3) is 14.3. The van der Waals surface area contributed by atoms with Crippen LogP contribution in [0, 0.1) is 20.8 Å². The van der Waals surface area contributed by atoms with E-state index in [9.17, 15) is 0 Å². The van der Waals surface area contributed by atoms with Gasteiger partial charge in [0.2, 0.25) is 6.71 Å². The van der Waals surface area contributed by atoms with Crippen LogP contribution in [0.4, 0.5) is 0 Å². The standard InChI is InChI=1S/C21H21B.3C5H12/c1-16-10-4-7-13-19(16)22(20-14-8-5-11-17(20)2)21-15-9-6-12-18(21)3;3*1-3-5-4-2/h4-15H,1-3H3;3*3-5H2,1-2H3. The molecule has 0 spiro atoms. The van der Waals surface area contributed by atoms with Gasteiger partial charge in [0.05, 0.1) is 0 Å². The van der Waals surface area contributed by atoms with Crippen LogP contribution in [0.5, 0.6) is 0 Å². The van der Waals surface area contributed by atoms with Crippen molar-refractivity contribution in [1.29, 1.82) is 0 Å². The lowest BCUT2D eigenvalue weighted by Crippen LogP contribution is -2.54. The van der Waals surface area contributed by atoms with Gasteiger partial charge >= 0.3 is 0 Å². The number of aryl methyl sites for hydroxylation is 3. The van der Waals surface area contributed by atoms with Crippen molar-refractivity contribution in [2.75, 3.05) is 0 Å². The second-order valence-electron chi connectivity index (χ2n) is 10.1. The van der Waals surface area contributed by atoms with Crippen molar-refractivity contribution in [1.82, 2.24) is 0 Å². The Bertz CT molecular complexity index is 799. The topological polar surface area (TPSA) is 0 Å². The van der Waals surface area contributed by atoms with E-state index in [0.717, 1.165) is 0 Å². The van der Waals surface area contributed by atoms with Gasteiger partial charge in [-0.3, -0.25) is 0 Å². The summed E-state index contributed by atoms with van der Waals surface area (Å²) in [7, 11) is 0. The number of benzene rings is 3. The Morgan fingerprint density at radius 2 is 0.595 bits per heavy atom. The molecule has 0 aliphatic heterocycles. The highest BCUT2D eigenvalue weighted by Crippen LogP contribution is 2.05. The van der Waals surface area contributed by atoms with E-state index in [2.05, 4.69) is 135 Å². The monoisotopic (exact) mass is 500 g/mol. The Morgan fingerprint density at radius 1 is 0.378 bits per heavy atom. The molecule has 0 fully saturated rings. The third-order valence-corrected chi connectivity index (χ3v) is 6.62. The minimum Gasteiger partial charge on any atom is -0.0667 e. The van der Waals surface area contributed by atoms with Gasteiger partial charge in [0.1, 0.15) is 0 Å². The lowest BCUT2D eigenvalue weighted by atomic mass is 9.35. The van der Waals surface area contributed by atoms with E-state index in [1.54, 1.807) is 0 Å². The van der Waals surface area contributed by atoms with Gasteiger partial charge in [-0.25, -0.2) is 0 Å². The number of hydrogen-bond donors (Lipinski definition) is 0. The van der Waals surface area contributed by atoms with Crippen molar-refractivity contribution in [3.63, 3.8) is 0 Å². The number of rotatable bonds is 9. The van der Waals surface area contributed by atoms with Gasteiger partial charge in [-0.05, 0) is 20.8 Å². The molecule has 0 saturated heterocycles. The fourth-order valence-electron chi connectivity index (χ4n) is 4.30. The SMILES string of the molecule is CCCCC.CCCCC.CCCCC.Cc1ccccc1B(c1ccccc1C)c1ccccc1C. The maximum Gasteiger partial charge on any atom is 0.242 e. The maximum atomic E-state index is 2.26. The van der Waals surface area contributed by atoms with Crippen molar-refractivity contribution in [2.24, 2.45) is 0 Å². The summed E-state index contributed by atoms with van der Waals surface area (Å²) in [6.07, 6.45) is 12.2. The third-order valence-electron chi connectivity index (χ3n) is 6.62. The van der Waals surface area contributed by atoms with Gasteiger partial charge in [-0.15, -0.1) is 0 Å². The van der Waals surface area contributed by atoms with Gasteiger partial charge in [0.15, 0.2) is 0 Å². The molecule has 0 atom stereocenters.